The van der Waals surface area contributed by atoms with Crippen molar-refractivity contribution in [1.29, 1.82) is 0 Å². The van der Waals surface area contributed by atoms with E-state index in [0.29, 0.717) is 114 Å². The molecule has 6 fully saturated rings. The monoisotopic (exact) mass is 1680 g/mol. The first kappa shape index (κ1) is 87.1. The molecule has 4 aliphatic carbocycles. The van der Waals surface area contributed by atoms with Crippen LogP contribution in [0, 0.1) is 58.2 Å². The number of pyridine rings is 2. The van der Waals surface area contributed by atoms with E-state index >= 15 is 0 Å². The van der Waals surface area contributed by atoms with E-state index in [0.717, 1.165) is 62.9 Å². The molecule has 10 aliphatic rings. The highest BCUT2D eigenvalue weighted by Gasteiger charge is 2.64. The Bertz CT molecular complexity index is 4570. The van der Waals surface area contributed by atoms with Crippen LogP contribution >= 0.6 is 0 Å². The maximum absolute atomic E-state index is 15.0. The van der Waals surface area contributed by atoms with Crippen LogP contribution in [0.4, 0.5) is 28.9 Å². The Morgan fingerprint density at radius 3 is 1.26 bits per heavy atom. The molecular formula is C86H112F4N8O18S2. The van der Waals surface area contributed by atoms with Gasteiger partial charge in [0.25, 0.3) is 11.8 Å². The topological polar surface area (TPSA) is 323 Å². The Morgan fingerprint density at radius 1 is 0.534 bits per heavy atom. The zero-order valence-corrected chi connectivity index (χ0v) is 71.0. The number of nitrogens with zero attached hydrogens (tertiary/aromatic N) is 6. The molecule has 2 saturated heterocycles. The number of aromatic nitrogens is 2. The summed E-state index contributed by atoms with van der Waals surface area (Å²) in [6, 6.07) is 9.08. The van der Waals surface area contributed by atoms with Crippen molar-refractivity contribution in [2.75, 3.05) is 63.3 Å². The molecule has 26 nitrogen and oxygen atoms in total. The van der Waals surface area contributed by atoms with Crippen molar-refractivity contribution < 1.29 is 101 Å². The number of rotatable bonds is 18. The summed E-state index contributed by atoms with van der Waals surface area (Å²) < 4.78 is 150. The lowest BCUT2D eigenvalue weighted by Gasteiger charge is -2.34. The molecule has 0 spiro atoms. The maximum Gasteiger partial charge on any atom is 0.307 e. The Morgan fingerprint density at radius 2 is 0.907 bits per heavy atom. The van der Waals surface area contributed by atoms with E-state index in [1.165, 1.54) is 9.80 Å². The Hall–Kier alpha value is -8.68. The maximum atomic E-state index is 15.0. The number of likely N-dealkylation sites (N-methyl/N-ethyl adjacent to an activating group) is 2. The van der Waals surface area contributed by atoms with E-state index < -0.39 is 172 Å². The van der Waals surface area contributed by atoms with Gasteiger partial charge in [0.15, 0.2) is 34.3 Å². The number of benzene rings is 2. The number of Topliss-reactive ketones (excluding diaryl/α,β-unsaturated/α-hetero) is 2. The minimum atomic E-state index is -3.91. The van der Waals surface area contributed by atoms with Crippen LogP contribution in [0.2, 0.25) is 0 Å². The number of carbonyl (C=O) groups is 8. The Labute approximate surface area is 687 Å². The highest BCUT2D eigenvalue weighted by atomic mass is 32.2. The molecule has 32 heteroatoms. The fourth-order valence-corrected chi connectivity index (χ4v) is 20.5. The molecule has 2 aromatic carbocycles. The van der Waals surface area contributed by atoms with E-state index in [-0.39, 0.29) is 87.0 Å². The Balaban J connectivity index is 0.000000205. The number of alkyl halides is 4. The molecule has 118 heavy (non-hydrogen) atoms. The quantitative estimate of drug-likeness (QED) is 0.0531. The van der Waals surface area contributed by atoms with Gasteiger partial charge in [0.05, 0.1) is 95.6 Å². The Kier molecular flexibility index (Phi) is 24.7. The van der Waals surface area contributed by atoms with Crippen LogP contribution in [0.15, 0.2) is 73.1 Å². The fraction of sp³-hybridized carbons (Fsp3) is 0.651. The zero-order chi connectivity index (χ0) is 85.3. The molecule has 14 rings (SSSR count). The smallest absolute Gasteiger partial charge is 0.307 e. The number of carbonyl (C=O) groups excluding carboxylic acids is 8. The number of halogens is 4. The normalized spacial score (nSPS) is 29.9. The first-order valence-corrected chi connectivity index (χ1v) is 44.7. The van der Waals surface area contributed by atoms with Crippen molar-refractivity contribution in [3.8, 4) is 23.3 Å². The zero-order valence-electron chi connectivity index (χ0n) is 69.3. The number of ketones is 2. The summed E-state index contributed by atoms with van der Waals surface area (Å²) in [5.74, 6) is -13.6. The minimum Gasteiger partial charge on any atom is -0.489 e. The van der Waals surface area contributed by atoms with Gasteiger partial charge in [0.1, 0.15) is 25.4 Å². The summed E-state index contributed by atoms with van der Waals surface area (Å²) in [6.07, 6.45) is 13.9. The van der Waals surface area contributed by atoms with Crippen LogP contribution in [0.3, 0.4) is 0 Å². The van der Waals surface area contributed by atoms with Gasteiger partial charge < -0.3 is 48.0 Å². The van der Waals surface area contributed by atoms with Gasteiger partial charge in [-0.3, -0.25) is 47.8 Å². The van der Waals surface area contributed by atoms with E-state index in [4.69, 9.17) is 28.4 Å². The second-order valence-electron chi connectivity index (χ2n) is 36.3. The number of fused-ring (bicyclic) bond motifs is 10. The number of esters is 2. The summed E-state index contributed by atoms with van der Waals surface area (Å²) in [4.78, 5) is 130. The van der Waals surface area contributed by atoms with Gasteiger partial charge in [0.2, 0.25) is 55.4 Å². The predicted octanol–water partition coefficient (Wildman–Crippen LogP) is 12.0. The van der Waals surface area contributed by atoms with E-state index in [1.54, 1.807) is 12.4 Å². The number of ether oxygens (including phenoxy) is 6. The van der Waals surface area contributed by atoms with Crippen molar-refractivity contribution in [2.45, 2.75) is 243 Å². The van der Waals surface area contributed by atoms with Gasteiger partial charge in [-0.05, 0) is 177 Å². The minimum absolute atomic E-state index is 0.0302. The van der Waals surface area contributed by atoms with E-state index in [1.807, 2.05) is 102 Å². The summed E-state index contributed by atoms with van der Waals surface area (Å²) in [5, 5.41) is 1.61. The predicted molar refractivity (Wildman–Crippen MR) is 431 cm³/mol. The molecule has 8 heterocycles. The van der Waals surface area contributed by atoms with Gasteiger partial charge in [-0.1, -0.05) is 52.0 Å². The summed E-state index contributed by atoms with van der Waals surface area (Å²) >= 11 is 0. The molecule has 644 valence electrons. The number of nitrogens with one attached hydrogen (secondary N) is 2. The second kappa shape index (κ2) is 33.4. The molecule has 4 aromatic rings. The summed E-state index contributed by atoms with van der Waals surface area (Å²) in [7, 11) is -3.86. The van der Waals surface area contributed by atoms with Crippen molar-refractivity contribution in [2.24, 2.45) is 58.2 Å². The lowest BCUT2D eigenvalue weighted by molar-refractivity contribution is -0.197. The highest BCUT2D eigenvalue weighted by Crippen LogP contribution is 2.59. The third kappa shape index (κ3) is 18.6. The largest absolute Gasteiger partial charge is 0.489 e. The van der Waals surface area contributed by atoms with Gasteiger partial charge in [-0.25, -0.2) is 44.4 Å². The fourth-order valence-electron chi connectivity index (χ4n) is 17.8. The van der Waals surface area contributed by atoms with E-state index in [9.17, 15) is 72.8 Å². The molecule has 2 aromatic heterocycles. The number of sulfonamides is 2. The van der Waals surface area contributed by atoms with Crippen molar-refractivity contribution in [3.05, 3.63) is 73.1 Å². The average molecular weight is 1690 g/mol. The first-order chi connectivity index (χ1) is 55.4. The molecular weight excluding hydrogens is 1570 g/mol. The summed E-state index contributed by atoms with van der Waals surface area (Å²) in [6.45, 7) is 15.9. The third-order valence-electron chi connectivity index (χ3n) is 26.4. The molecule has 0 radical (unpaired) electrons. The van der Waals surface area contributed by atoms with Gasteiger partial charge in [0, 0.05) is 87.6 Å². The standard InChI is InChI=1S/2C43H56F2N4O9S/c2*1-25-9-7-8-10-27-22-43(27,40(53)47-59(54,55)29-11-12-29)23-35(50)34-20-28(57-38-31-13-14-33-37(30(31)15-16-46-38)56-18-17-48(33)6)24-49(34)39(52)32(26(2)19-25)21-36(51)58-41(3,4)42(5,44)45/h2*8,10,13-16,25-29,32,34H,7,9,11-12,17-24H2,1-6H3,(H,47,53)/b2*10-8-/t25-,26+,27+,28+,32-,34-,43+;25-,26-,27-,28-,32+,34+,43-/m01/s1. The average Bonchev–Trinajstić information content (AvgIpc) is 1.57. The second-order valence-corrected chi connectivity index (χ2v) is 40.3. The SMILES string of the molecule is C[C@@H]1CC/C=C\[C@@H]2C[C@@]2(C(=O)NS(=O)(=O)C2CC2)CC(=O)[C@@H]2C[C@@H](Oc3nccc4c5c(ccc34)N(C)CCO5)CN2C(=O)[C@@H](CC(=O)OC(C)(C)C(C)(F)F)[C@H](C)C1.C[C@H]1CC/C=C\[C@@H]2C[C@@]2(C(=O)NS(=O)(=O)C2CC2)CC(=O)[C@@H]2C[C@@H](Oc3nccc4c5c(ccc34)N(C)CCO5)CN2C(=O)[C@@H](CC(=O)OC(C)(C)C(C)(F)F)[C@H](C)C1. The highest BCUT2D eigenvalue weighted by molar-refractivity contribution is 7.91. The van der Waals surface area contributed by atoms with E-state index in [2.05, 4.69) is 29.2 Å². The van der Waals surface area contributed by atoms with Crippen LogP contribution in [0.5, 0.6) is 23.3 Å². The van der Waals surface area contributed by atoms with Crippen LogP contribution in [0.1, 0.15) is 185 Å². The summed E-state index contributed by atoms with van der Waals surface area (Å²) in [5.41, 5.74) is -5.11. The van der Waals surface area contributed by atoms with Crippen LogP contribution in [-0.2, 0) is 67.9 Å². The lowest BCUT2D eigenvalue weighted by Crippen LogP contribution is -2.48. The third-order valence-corrected chi connectivity index (χ3v) is 30.0. The number of hydrogen-bond acceptors (Lipinski definition) is 22. The van der Waals surface area contributed by atoms with Crippen molar-refractivity contribution >= 4 is 100 Å². The number of allylic oxidation sites excluding steroid dienone is 4. The molecule has 0 unspecified atom stereocenters. The molecule has 6 aliphatic heterocycles. The van der Waals surface area contributed by atoms with Gasteiger partial charge in [-0.15, -0.1) is 0 Å². The molecule has 4 amide bonds. The van der Waals surface area contributed by atoms with Gasteiger partial charge in [-0.2, -0.15) is 0 Å². The lowest BCUT2D eigenvalue weighted by atomic mass is 9.82. The molecule has 14 atom stereocenters. The molecule has 0 bridgehead atoms. The van der Waals surface area contributed by atoms with Crippen LogP contribution in [0.25, 0.3) is 21.5 Å². The van der Waals surface area contributed by atoms with Crippen molar-refractivity contribution in [1.82, 2.24) is 29.2 Å². The van der Waals surface area contributed by atoms with Crippen molar-refractivity contribution in [3.63, 3.8) is 0 Å². The number of anilines is 2. The van der Waals surface area contributed by atoms with Crippen LogP contribution < -0.4 is 38.2 Å². The molecule has 2 N–H and O–H groups in total. The number of amides is 4. The van der Waals surface area contributed by atoms with Gasteiger partial charge >= 0.3 is 11.9 Å². The number of hydrogen-bond donors (Lipinski definition) is 2. The first-order valence-electron chi connectivity index (χ1n) is 41.6. The molecule has 4 saturated carbocycles. The van der Waals surface area contributed by atoms with Crippen LogP contribution in [-0.4, -0.2) is 195 Å².